The Morgan fingerprint density at radius 2 is 1.27 bits per heavy atom. The number of fused-ring (bicyclic) bond motifs is 1. The van der Waals surface area contributed by atoms with E-state index in [-0.39, 0.29) is 36.2 Å². The van der Waals surface area contributed by atoms with Gasteiger partial charge in [0, 0.05) is 74.0 Å². The quantitative estimate of drug-likeness (QED) is 0.0500. The van der Waals surface area contributed by atoms with Crippen LogP contribution in [0.4, 0.5) is 11.4 Å². The summed E-state index contributed by atoms with van der Waals surface area (Å²) in [6, 6.07) is 24.3. The van der Waals surface area contributed by atoms with Crippen LogP contribution in [0.1, 0.15) is 93.2 Å². The van der Waals surface area contributed by atoms with Gasteiger partial charge in [0.1, 0.15) is 0 Å². The minimum Gasteiger partial charge on any atom is -0.382 e. The van der Waals surface area contributed by atoms with Gasteiger partial charge in [-0.25, -0.2) is 0 Å². The smallest absolute Gasteiger partial charge is 0.255 e. The number of amides is 4. The summed E-state index contributed by atoms with van der Waals surface area (Å²) >= 11 is 0. The third-order valence-corrected chi connectivity index (χ3v) is 13.2. The molecule has 394 valence electrons. The maximum absolute atomic E-state index is 14.1. The Labute approximate surface area is 429 Å². The molecule has 4 aromatic rings. The van der Waals surface area contributed by atoms with Crippen LogP contribution >= 0.6 is 0 Å². The van der Waals surface area contributed by atoms with E-state index in [1.807, 2.05) is 30.3 Å². The fourth-order valence-electron chi connectivity index (χ4n) is 9.35. The number of anilines is 2. The number of carbonyl (C=O) groups is 4. The second-order valence-electron chi connectivity index (χ2n) is 18.4. The fourth-order valence-corrected chi connectivity index (χ4v) is 9.35. The van der Waals surface area contributed by atoms with Crippen LogP contribution in [0.25, 0.3) is 11.3 Å². The molecule has 0 unspecified atom stereocenters. The minimum atomic E-state index is -0.391. The molecule has 2 atom stereocenters. The summed E-state index contributed by atoms with van der Waals surface area (Å²) in [7, 11) is 1.64. The van der Waals surface area contributed by atoms with E-state index in [2.05, 4.69) is 33.0 Å². The van der Waals surface area contributed by atoms with Gasteiger partial charge in [-0.2, -0.15) is 0 Å². The molecule has 1 aliphatic carbocycles. The molecule has 0 radical (unpaired) electrons. The normalized spacial score (nSPS) is 16.7. The number of carbonyl (C=O) groups excluding carboxylic acids is 4. The van der Waals surface area contributed by atoms with Crippen molar-refractivity contribution < 1.29 is 52.3 Å². The number of methoxy groups -OCH3 is 1. The molecule has 3 heterocycles. The summed E-state index contributed by atoms with van der Waals surface area (Å²) in [5.41, 5.74) is 6.38. The van der Waals surface area contributed by atoms with Crippen molar-refractivity contribution in [3.05, 3.63) is 113 Å². The van der Waals surface area contributed by atoms with E-state index in [1.54, 1.807) is 54.6 Å². The number of aromatic nitrogens is 1. The molecule has 4 amide bonds. The van der Waals surface area contributed by atoms with Crippen molar-refractivity contribution in [3.63, 3.8) is 0 Å². The lowest BCUT2D eigenvalue weighted by Crippen LogP contribution is -2.46. The zero-order chi connectivity index (χ0) is 50.9. The molecule has 3 aromatic carbocycles. The number of pyridine rings is 1. The molecule has 17 nitrogen and oxygen atoms in total. The molecular formula is C56H74N6O11. The van der Waals surface area contributed by atoms with E-state index in [9.17, 15) is 19.2 Å². The van der Waals surface area contributed by atoms with Crippen molar-refractivity contribution in [3.8, 4) is 11.3 Å². The molecule has 0 saturated carbocycles. The summed E-state index contributed by atoms with van der Waals surface area (Å²) < 4.78 is 37.9. The van der Waals surface area contributed by atoms with Crippen molar-refractivity contribution in [2.75, 3.05) is 136 Å². The lowest BCUT2D eigenvalue weighted by molar-refractivity contribution is -0.126. The van der Waals surface area contributed by atoms with Gasteiger partial charge in [0.25, 0.3) is 17.7 Å². The van der Waals surface area contributed by atoms with Crippen molar-refractivity contribution in [1.82, 2.24) is 20.5 Å². The Morgan fingerprint density at radius 1 is 0.616 bits per heavy atom. The largest absolute Gasteiger partial charge is 0.382 e. The average Bonchev–Trinajstić information content (AvgIpc) is 3.43. The molecule has 3 N–H and O–H groups in total. The summed E-state index contributed by atoms with van der Waals surface area (Å²) in [5.74, 6) is -1.30. The molecule has 0 spiro atoms. The highest BCUT2D eigenvalue weighted by Crippen LogP contribution is 2.34. The van der Waals surface area contributed by atoms with Crippen LogP contribution in [0.15, 0.2) is 85.1 Å². The minimum absolute atomic E-state index is 0.0740. The molecule has 1 aromatic heterocycles. The molecule has 0 bridgehead atoms. The van der Waals surface area contributed by atoms with Crippen LogP contribution in [0.3, 0.4) is 0 Å². The first-order valence-corrected chi connectivity index (χ1v) is 26.1. The topological polar surface area (TPSA) is 188 Å². The van der Waals surface area contributed by atoms with Crippen molar-refractivity contribution >= 4 is 35.0 Å². The Bertz CT molecular complexity index is 2360. The third kappa shape index (κ3) is 17.4. The van der Waals surface area contributed by atoms with Crippen molar-refractivity contribution in [1.29, 1.82) is 0 Å². The van der Waals surface area contributed by atoms with Gasteiger partial charge in [-0.05, 0) is 111 Å². The highest BCUT2D eigenvalue weighted by Gasteiger charge is 2.30. The zero-order valence-corrected chi connectivity index (χ0v) is 42.5. The molecule has 3 aliphatic rings. The van der Waals surface area contributed by atoms with Crippen molar-refractivity contribution in [2.24, 2.45) is 5.92 Å². The fraction of sp³-hybridized carbons (Fsp3) is 0.518. The Balaban J connectivity index is 0.843. The first-order valence-electron chi connectivity index (χ1n) is 26.1. The van der Waals surface area contributed by atoms with Crippen molar-refractivity contribution in [2.45, 2.75) is 57.4 Å². The Kier molecular flexibility index (Phi) is 22.9. The van der Waals surface area contributed by atoms with Gasteiger partial charge in [0.2, 0.25) is 5.91 Å². The average molecular weight is 1010 g/mol. The first kappa shape index (κ1) is 55.0. The van der Waals surface area contributed by atoms with Crippen LogP contribution in [0, 0.1) is 5.92 Å². The molecule has 73 heavy (non-hydrogen) atoms. The zero-order valence-electron chi connectivity index (χ0n) is 42.5. The van der Waals surface area contributed by atoms with E-state index in [0.717, 1.165) is 56.4 Å². The van der Waals surface area contributed by atoms with E-state index < -0.39 is 5.91 Å². The standard InChI is InChI=1S/C56H74N6O11/c1-67-26-27-69-30-31-71-34-35-73-37-36-72-33-32-70-29-28-68-25-21-58-53(63)46-14-9-24-62(41-46)56(66)45-13-7-12-43(38-45)54(64)60-51-18-17-47(61-22-5-2-6-23-61)40-49(51)52-39-44(19-20-57-52)55(65)59-50-16-8-11-42-10-3-4-15-48(42)50/h3-4,7,10,12-13,15,17-20,38-40,46,50H,2,5-6,8-9,11,14,16,21-37,41H2,1H3,(H,58,63)(H,59,65)(H,60,64)/t46-,50-/m0/s1. The molecule has 7 rings (SSSR count). The Morgan fingerprint density at radius 3 is 1.99 bits per heavy atom. The molecular weight excluding hydrogens is 933 g/mol. The number of hydrogen-bond donors (Lipinski definition) is 3. The molecule has 2 fully saturated rings. The first-order chi connectivity index (χ1) is 35.9. The van der Waals surface area contributed by atoms with Gasteiger partial charge in [0.05, 0.1) is 109 Å². The van der Waals surface area contributed by atoms with Crippen LogP contribution in [-0.4, -0.2) is 159 Å². The van der Waals surface area contributed by atoms with Crippen LogP contribution in [-0.2, 0) is 44.4 Å². The van der Waals surface area contributed by atoms with Gasteiger partial charge in [-0.15, -0.1) is 0 Å². The second-order valence-corrected chi connectivity index (χ2v) is 18.4. The maximum Gasteiger partial charge on any atom is 0.255 e. The van der Waals surface area contributed by atoms with Gasteiger partial charge in [-0.1, -0.05) is 30.3 Å². The number of likely N-dealkylation sites (tertiary alicyclic amines) is 1. The highest BCUT2D eigenvalue weighted by atomic mass is 16.6. The highest BCUT2D eigenvalue weighted by molar-refractivity contribution is 6.08. The van der Waals surface area contributed by atoms with E-state index in [4.69, 9.17) is 38.1 Å². The summed E-state index contributed by atoms with van der Waals surface area (Å²) in [5, 5.41) is 9.32. The summed E-state index contributed by atoms with van der Waals surface area (Å²) in [6.45, 7) is 9.08. The summed E-state index contributed by atoms with van der Waals surface area (Å²) in [6.07, 6.45) is 9.25. The number of rotatable bonds is 29. The monoisotopic (exact) mass is 1010 g/mol. The van der Waals surface area contributed by atoms with E-state index >= 15 is 0 Å². The second kappa shape index (κ2) is 30.4. The van der Waals surface area contributed by atoms with E-state index in [0.29, 0.717) is 145 Å². The van der Waals surface area contributed by atoms with Gasteiger partial charge >= 0.3 is 0 Å². The molecule has 2 aliphatic heterocycles. The third-order valence-electron chi connectivity index (χ3n) is 13.2. The van der Waals surface area contributed by atoms with Gasteiger partial charge in [0.15, 0.2) is 0 Å². The number of aryl methyl sites for hydroxylation is 1. The number of benzene rings is 3. The van der Waals surface area contributed by atoms with Crippen LogP contribution < -0.4 is 20.9 Å². The van der Waals surface area contributed by atoms with E-state index in [1.165, 1.54) is 12.0 Å². The number of nitrogens with one attached hydrogen (secondary N) is 3. The summed E-state index contributed by atoms with van der Waals surface area (Å²) in [4.78, 5) is 63.7. The van der Waals surface area contributed by atoms with Crippen LogP contribution in [0.5, 0.6) is 0 Å². The SMILES string of the molecule is COCCOCCOCCOCCOCCOCCOCCNC(=O)[C@H]1CCCN(C(=O)c2cccc(C(=O)Nc3ccc(N4CCCCC4)cc3-c3cc(C(=O)N[C@H]4CCCc5ccccc54)ccn3)c2)C1. The lowest BCUT2D eigenvalue weighted by Gasteiger charge is -2.32. The number of hydrogen-bond acceptors (Lipinski definition) is 13. The molecule has 17 heteroatoms. The predicted molar refractivity (Wildman–Crippen MR) is 278 cm³/mol. The Hall–Kier alpha value is -5.79. The molecule has 2 saturated heterocycles. The lowest BCUT2D eigenvalue weighted by atomic mass is 9.87. The van der Waals surface area contributed by atoms with Gasteiger partial charge in [-0.3, -0.25) is 24.2 Å². The number of ether oxygens (including phenoxy) is 7. The maximum atomic E-state index is 14.1. The predicted octanol–water partition coefficient (Wildman–Crippen LogP) is 6.51. The number of nitrogens with zero attached hydrogens (tertiary/aromatic N) is 3. The van der Waals surface area contributed by atoms with Gasteiger partial charge < -0.3 is 58.9 Å². The number of piperidine rings is 2. The van der Waals surface area contributed by atoms with Crippen LogP contribution in [0.2, 0.25) is 0 Å².